The second-order valence-corrected chi connectivity index (χ2v) is 5.45. The number of aliphatic hydroxyl groups is 1. The van der Waals surface area contributed by atoms with Crippen molar-refractivity contribution in [2.45, 2.75) is 19.1 Å². The van der Waals surface area contributed by atoms with E-state index in [1.165, 1.54) is 11.0 Å². The molecule has 7 nitrogen and oxygen atoms in total. The third-order valence-corrected chi connectivity index (χ3v) is 3.92. The van der Waals surface area contributed by atoms with E-state index in [1.807, 2.05) is 6.92 Å². The lowest BCUT2D eigenvalue weighted by Crippen LogP contribution is -2.53. The molecule has 1 aromatic heterocycles. The number of carbonyl (C=O) groups excluding carboxylic acids is 1. The van der Waals surface area contributed by atoms with Crippen LogP contribution in [0.5, 0.6) is 0 Å². The standard InChI is InChI=1S/C12H16N2O5S/c1-7-6-19-8(5-15)4-14(7)12(18)13-10-9(11(16)17)2-3-20-10/h2-3,7-8,15H,4-6H2,1H3,(H,13,18)(H,16,17). The zero-order valence-electron chi connectivity index (χ0n) is 10.9. The van der Waals surface area contributed by atoms with Crippen LogP contribution in [0.2, 0.25) is 0 Å². The summed E-state index contributed by atoms with van der Waals surface area (Å²) >= 11 is 1.16. The maximum absolute atomic E-state index is 12.2. The Hall–Kier alpha value is -1.64. The van der Waals surface area contributed by atoms with Crippen LogP contribution in [-0.2, 0) is 4.74 Å². The number of anilines is 1. The predicted molar refractivity (Wildman–Crippen MR) is 73.3 cm³/mol. The van der Waals surface area contributed by atoms with Gasteiger partial charge in [0.25, 0.3) is 0 Å². The molecule has 2 unspecified atom stereocenters. The van der Waals surface area contributed by atoms with E-state index in [4.69, 9.17) is 14.9 Å². The monoisotopic (exact) mass is 300 g/mol. The average molecular weight is 300 g/mol. The summed E-state index contributed by atoms with van der Waals surface area (Å²) in [6.45, 7) is 2.29. The lowest BCUT2D eigenvalue weighted by atomic mass is 10.2. The number of thiophene rings is 1. The zero-order valence-corrected chi connectivity index (χ0v) is 11.7. The van der Waals surface area contributed by atoms with Crippen LogP contribution in [0.25, 0.3) is 0 Å². The number of aromatic carboxylic acids is 1. The van der Waals surface area contributed by atoms with E-state index in [2.05, 4.69) is 5.32 Å². The van der Waals surface area contributed by atoms with Crippen LogP contribution in [0.15, 0.2) is 11.4 Å². The molecule has 1 aromatic rings. The van der Waals surface area contributed by atoms with Crippen LogP contribution >= 0.6 is 11.3 Å². The summed E-state index contributed by atoms with van der Waals surface area (Å²) in [5.74, 6) is -1.08. The lowest BCUT2D eigenvalue weighted by Gasteiger charge is -2.37. The fraction of sp³-hybridized carbons (Fsp3) is 0.500. The summed E-state index contributed by atoms with van der Waals surface area (Å²) in [6, 6.07) is 0.928. The topological polar surface area (TPSA) is 99.1 Å². The summed E-state index contributed by atoms with van der Waals surface area (Å²) in [4.78, 5) is 24.7. The Labute approximate surface area is 119 Å². The van der Waals surface area contributed by atoms with Gasteiger partial charge in [0.05, 0.1) is 37.5 Å². The van der Waals surface area contributed by atoms with E-state index < -0.39 is 12.1 Å². The van der Waals surface area contributed by atoms with Gasteiger partial charge in [-0.1, -0.05) is 0 Å². The summed E-state index contributed by atoms with van der Waals surface area (Å²) < 4.78 is 5.35. The number of carbonyl (C=O) groups is 2. The molecule has 20 heavy (non-hydrogen) atoms. The molecule has 0 radical (unpaired) electrons. The molecule has 2 heterocycles. The first-order valence-electron chi connectivity index (χ1n) is 6.13. The van der Waals surface area contributed by atoms with Gasteiger partial charge < -0.3 is 19.8 Å². The number of ether oxygens (including phenoxy) is 1. The van der Waals surface area contributed by atoms with Crippen LogP contribution in [0.4, 0.5) is 9.80 Å². The number of hydrogen-bond acceptors (Lipinski definition) is 5. The summed E-state index contributed by atoms with van der Waals surface area (Å²) in [7, 11) is 0. The van der Waals surface area contributed by atoms with Gasteiger partial charge in [-0.25, -0.2) is 9.59 Å². The average Bonchev–Trinajstić information content (AvgIpc) is 2.87. The minimum absolute atomic E-state index is 0.0722. The van der Waals surface area contributed by atoms with Crippen LogP contribution in [-0.4, -0.2) is 59.0 Å². The molecule has 2 atom stereocenters. The molecule has 1 aliphatic rings. The number of nitrogens with zero attached hydrogens (tertiary/aromatic N) is 1. The second kappa shape index (κ2) is 6.21. The number of aliphatic hydroxyl groups excluding tert-OH is 1. The van der Waals surface area contributed by atoms with E-state index in [0.29, 0.717) is 11.6 Å². The highest BCUT2D eigenvalue weighted by Gasteiger charge is 2.30. The molecule has 1 fully saturated rings. The SMILES string of the molecule is CC1COC(CO)CN1C(=O)Nc1sccc1C(=O)O. The number of rotatable bonds is 3. The molecule has 110 valence electrons. The van der Waals surface area contributed by atoms with Crippen LogP contribution in [0.3, 0.4) is 0 Å². The largest absolute Gasteiger partial charge is 0.478 e. The smallest absolute Gasteiger partial charge is 0.338 e. The summed E-state index contributed by atoms with van der Waals surface area (Å²) in [6.07, 6.45) is -0.403. The van der Waals surface area contributed by atoms with Gasteiger partial charge in [0.2, 0.25) is 0 Å². The Morgan fingerprint density at radius 3 is 3.00 bits per heavy atom. The summed E-state index contributed by atoms with van der Waals surface area (Å²) in [5.41, 5.74) is 0.0722. The van der Waals surface area contributed by atoms with Crippen molar-refractivity contribution in [2.75, 3.05) is 25.1 Å². The van der Waals surface area contributed by atoms with Crippen molar-refractivity contribution < 1.29 is 24.5 Å². The van der Waals surface area contributed by atoms with Crippen molar-refractivity contribution in [1.29, 1.82) is 0 Å². The highest BCUT2D eigenvalue weighted by atomic mass is 32.1. The maximum atomic E-state index is 12.2. The van der Waals surface area contributed by atoms with Crippen molar-refractivity contribution in [2.24, 2.45) is 0 Å². The molecule has 2 rings (SSSR count). The van der Waals surface area contributed by atoms with Crippen molar-refractivity contribution in [3.63, 3.8) is 0 Å². The molecule has 0 spiro atoms. The van der Waals surface area contributed by atoms with Gasteiger partial charge in [-0.15, -0.1) is 11.3 Å². The number of nitrogens with one attached hydrogen (secondary N) is 1. The number of morpholine rings is 1. The molecule has 3 N–H and O–H groups in total. The van der Waals surface area contributed by atoms with E-state index in [0.717, 1.165) is 11.3 Å². The maximum Gasteiger partial charge on any atom is 0.338 e. The van der Waals surface area contributed by atoms with Gasteiger partial charge in [0, 0.05) is 0 Å². The highest BCUT2D eigenvalue weighted by molar-refractivity contribution is 7.14. The molecular weight excluding hydrogens is 284 g/mol. The van der Waals surface area contributed by atoms with E-state index >= 15 is 0 Å². The van der Waals surface area contributed by atoms with E-state index in [-0.39, 0.29) is 30.8 Å². The van der Waals surface area contributed by atoms with Gasteiger partial charge in [0.15, 0.2) is 0 Å². The van der Waals surface area contributed by atoms with Crippen LogP contribution in [0, 0.1) is 0 Å². The quantitative estimate of drug-likeness (QED) is 0.775. The summed E-state index contributed by atoms with van der Waals surface area (Å²) in [5, 5.41) is 22.6. The Balaban J connectivity index is 2.07. The third kappa shape index (κ3) is 3.09. The first-order chi connectivity index (χ1) is 9.52. The number of amides is 2. The van der Waals surface area contributed by atoms with E-state index in [9.17, 15) is 9.59 Å². The van der Waals surface area contributed by atoms with Gasteiger partial charge in [-0.2, -0.15) is 0 Å². The van der Waals surface area contributed by atoms with Crippen molar-refractivity contribution in [3.8, 4) is 0 Å². The van der Waals surface area contributed by atoms with Crippen LogP contribution < -0.4 is 5.32 Å². The first kappa shape index (κ1) is 14.8. The molecule has 1 saturated heterocycles. The van der Waals surface area contributed by atoms with E-state index in [1.54, 1.807) is 5.38 Å². The fourth-order valence-corrected chi connectivity index (χ4v) is 2.72. The zero-order chi connectivity index (χ0) is 14.7. The molecule has 0 aromatic carbocycles. The molecule has 0 saturated carbocycles. The molecule has 0 aliphatic carbocycles. The Morgan fingerprint density at radius 1 is 1.60 bits per heavy atom. The number of urea groups is 1. The lowest BCUT2D eigenvalue weighted by molar-refractivity contribution is -0.0611. The fourth-order valence-electron chi connectivity index (χ4n) is 1.95. The van der Waals surface area contributed by atoms with Crippen molar-refractivity contribution >= 4 is 28.3 Å². The Bertz CT molecular complexity index is 504. The number of hydrogen-bond donors (Lipinski definition) is 3. The van der Waals surface area contributed by atoms with Gasteiger partial charge in [0.1, 0.15) is 5.00 Å². The molecule has 0 bridgehead atoms. The minimum atomic E-state index is -1.08. The molecule has 8 heteroatoms. The third-order valence-electron chi connectivity index (χ3n) is 3.09. The normalized spacial score (nSPS) is 22.6. The van der Waals surface area contributed by atoms with Crippen molar-refractivity contribution in [3.05, 3.63) is 17.0 Å². The number of carboxylic acid groups (broad SMARTS) is 1. The Kier molecular flexibility index (Phi) is 4.58. The highest BCUT2D eigenvalue weighted by Crippen LogP contribution is 2.24. The Morgan fingerprint density at radius 2 is 2.35 bits per heavy atom. The van der Waals surface area contributed by atoms with Gasteiger partial charge >= 0.3 is 12.0 Å². The van der Waals surface area contributed by atoms with Gasteiger partial charge in [-0.3, -0.25) is 5.32 Å². The number of carboxylic acids is 1. The minimum Gasteiger partial charge on any atom is -0.478 e. The molecule has 1 aliphatic heterocycles. The van der Waals surface area contributed by atoms with Crippen molar-refractivity contribution in [1.82, 2.24) is 4.90 Å². The molecular formula is C12H16N2O5S. The first-order valence-corrected chi connectivity index (χ1v) is 7.01. The van der Waals surface area contributed by atoms with Crippen LogP contribution in [0.1, 0.15) is 17.3 Å². The second-order valence-electron chi connectivity index (χ2n) is 4.54. The van der Waals surface area contributed by atoms with Gasteiger partial charge in [-0.05, 0) is 18.4 Å². The molecule has 2 amide bonds. The predicted octanol–water partition coefficient (Wildman–Crippen LogP) is 1.06.